The maximum atomic E-state index is 5.36. The average molecular weight is 294 g/mol. The van der Waals surface area contributed by atoms with Crippen molar-refractivity contribution in [2.75, 3.05) is 7.05 Å². The Morgan fingerprint density at radius 1 is 1.35 bits per heavy atom. The molecular weight excluding hydrogens is 278 g/mol. The number of halogens is 1. The van der Waals surface area contributed by atoms with Crippen LogP contribution in [0.25, 0.3) is 0 Å². The molecule has 0 saturated heterocycles. The lowest BCUT2D eigenvalue weighted by Crippen LogP contribution is -2.18. The van der Waals surface area contributed by atoms with E-state index >= 15 is 0 Å². The topological polar surface area (TPSA) is 25.2 Å². The summed E-state index contributed by atoms with van der Waals surface area (Å²) in [6, 6.07) is 10.7. The van der Waals surface area contributed by atoms with Crippen LogP contribution in [-0.4, -0.2) is 7.05 Å². The van der Waals surface area contributed by atoms with Crippen molar-refractivity contribution in [2.24, 2.45) is 0 Å². The number of rotatable bonds is 4. The zero-order valence-corrected chi connectivity index (χ0v) is 11.6. The van der Waals surface area contributed by atoms with Gasteiger partial charge in [-0.3, -0.25) is 0 Å². The van der Waals surface area contributed by atoms with Gasteiger partial charge >= 0.3 is 0 Å². The number of likely N-dealkylation sites (N-methyl/N-ethyl adjacent to an activating group) is 1. The number of hydrogen-bond donors (Lipinski definition) is 1. The van der Waals surface area contributed by atoms with Gasteiger partial charge in [0.1, 0.15) is 5.76 Å². The van der Waals surface area contributed by atoms with E-state index in [2.05, 4.69) is 45.5 Å². The van der Waals surface area contributed by atoms with Crippen LogP contribution in [0.3, 0.4) is 0 Å². The molecule has 2 rings (SSSR count). The third-order valence-corrected chi connectivity index (χ3v) is 3.66. The Kier molecular flexibility index (Phi) is 4.02. The number of hydrogen-bond acceptors (Lipinski definition) is 2. The fraction of sp³-hybridized carbons (Fsp3) is 0.286. The van der Waals surface area contributed by atoms with Gasteiger partial charge in [-0.05, 0) is 38.1 Å². The molecule has 0 amide bonds. The SMILES string of the molecule is CNC(Cc1ccccc1Br)c1coc(C)c1. The van der Waals surface area contributed by atoms with E-state index in [4.69, 9.17) is 4.42 Å². The van der Waals surface area contributed by atoms with Gasteiger partial charge in [0.15, 0.2) is 0 Å². The Balaban J connectivity index is 2.18. The summed E-state index contributed by atoms with van der Waals surface area (Å²) in [4.78, 5) is 0. The van der Waals surface area contributed by atoms with Crippen LogP contribution in [0.4, 0.5) is 0 Å². The van der Waals surface area contributed by atoms with Gasteiger partial charge in [0.2, 0.25) is 0 Å². The predicted octanol–water partition coefficient (Wildman–Crippen LogP) is 3.85. The Morgan fingerprint density at radius 2 is 2.12 bits per heavy atom. The molecule has 0 spiro atoms. The molecule has 1 aromatic carbocycles. The predicted molar refractivity (Wildman–Crippen MR) is 73.1 cm³/mol. The number of furan rings is 1. The largest absolute Gasteiger partial charge is 0.469 e. The monoisotopic (exact) mass is 293 g/mol. The maximum absolute atomic E-state index is 5.36. The number of aryl methyl sites for hydroxylation is 1. The molecule has 0 radical (unpaired) electrons. The van der Waals surface area contributed by atoms with Crippen molar-refractivity contribution >= 4 is 15.9 Å². The average Bonchev–Trinajstić information content (AvgIpc) is 2.75. The van der Waals surface area contributed by atoms with Crippen molar-refractivity contribution in [1.82, 2.24) is 5.32 Å². The lowest BCUT2D eigenvalue weighted by Gasteiger charge is -2.15. The van der Waals surface area contributed by atoms with Crippen LogP contribution in [-0.2, 0) is 6.42 Å². The lowest BCUT2D eigenvalue weighted by molar-refractivity contribution is 0.520. The molecule has 0 aliphatic rings. The van der Waals surface area contributed by atoms with Crippen molar-refractivity contribution < 1.29 is 4.42 Å². The molecule has 1 unspecified atom stereocenters. The minimum Gasteiger partial charge on any atom is -0.469 e. The van der Waals surface area contributed by atoms with E-state index in [1.165, 1.54) is 11.1 Å². The van der Waals surface area contributed by atoms with Crippen molar-refractivity contribution in [2.45, 2.75) is 19.4 Å². The summed E-state index contributed by atoms with van der Waals surface area (Å²) in [6.45, 7) is 1.97. The van der Waals surface area contributed by atoms with E-state index in [1.807, 2.05) is 26.3 Å². The summed E-state index contributed by atoms with van der Waals surface area (Å²) in [5, 5.41) is 3.33. The summed E-state index contributed by atoms with van der Waals surface area (Å²) in [5.74, 6) is 0.951. The van der Waals surface area contributed by atoms with Gasteiger partial charge in [0.25, 0.3) is 0 Å². The first-order valence-corrected chi connectivity index (χ1v) is 6.45. The Hall–Kier alpha value is -1.06. The molecule has 0 aliphatic heterocycles. The quantitative estimate of drug-likeness (QED) is 0.926. The highest BCUT2D eigenvalue weighted by atomic mass is 79.9. The van der Waals surface area contributed by atoms with Crippen molar-refractivity contribution in [3.63, 3.8) is 0 Å². The van der Waals surface area contributed by atoms with E-state index in [0.717, 1.165) is 16.7 Å². The highest BCUT2D eigenvalue weighted by Gasteiger charge is 2.13. The van der Waals surface area contributed by atoms with Crippen LogP contribution in [0.2, 0.25) is 0 Å². The first-order chi connectivity index (χ1) is 8.20. The molecule has 2 nitrogen and oxygen atoms in total. The second-order valence-electron chi connectivity index (χ2n) is 4.13. The van der Waals surface area contributed by atoms with Gasteiger partial charge in [-0.15, -0.1) is 0 Å². The molecule has 2 aromatic rings. The molecule has 1 atom stereocenters. The summed E-state index contributed by atoms with van der Waals surface area (Å²) in [7, 11) is 1.98. The first-order valence-electron chi connectivity index (χ1n) is 5.66. The van der Waals surface area contributed by atoms with Crippen molar-refractivity contribution in [1.29, 1.82) is 0 Å². The Labute approximate surface area is 110 Å². The van der Waals surface area contributed by atoms with E-state index in [9.17, 15) is 0 Å². The first kappa shape index (κ1) is 12.4. The molecule has 0 saturated carbocycles. The van der Waals surface area contributed by atoms with Crippen molar-refractivity contribution in [3.05, 3.63) is 58.0 Å². The minimum atomic E-state index is 0.283. The van der Waals surface area contributed by atoms with Gasteiger partial charge in [-0.2, -0.15) is 0 Å². The second kappa shape index (κ2) is 5.52. The molecule has 1 N–H and O–H groups in total. The van der Waals surface area contributed by atoms with Crippen molar-refractivity contribution in [3.8, 4) is 0 Å². The summed E-state index contributed by atoms with van der Waals surface area (Å²) in [6.07, 6.45) is 2.77. The van der Waals surface area contributed by atoms with E-state index in [1.54, 1.807) is 0 Å². The normalized spacial score (nSPS) is 12.6. The fourth-order valence-corrected chi connectivity index (χ4v) is 2.36. The fourth-order valence-electron chi connectivity index (χ4n) is 1.92. The van der Waals surface area contributed by atoms with E-state index < -0.39 is 0 Å². The van der Waals surface area contributed by atoms with E-state index in [0.29, 0.717) is 0 Å². The summed E-state index contributed by atoms with van der Waals surface area (Å²) >= 11 is 3.58. The molecule has 0 aliphatic carbocycles. The Morgan fingerprint density at radius 3 is 2.71 bits per heavy atom. The van der Waals surface area contributed by atoms with Crippen LogP contribution < -0.4 is 5.32 Å². The van der Waals surface area contributed by atoms with Crippen LogP contribution in [0.5, 0.6) is 0 Å². The minimum absolute atomic E-state index is 0.283. The third-order valence-electron chi connectivity index (χ3n) is 2.88. The van der Waals surface area contributed by atoms with Crippen LogP contribution in [0, 0.1) is 6.92 Å². The molecule has 90 valence electrons. The van der Waals surface area contributed by atoms with Gasteiger partial charge in [0.05, 0.1) is 6.26 Å². The zero-order chi connectivity index (χ0) is 12.3. The highest BCUT2D eigenvalue weighted by Crippen LogP contribution is 2.24. The smallest absolute Gasteiger partial charge is 0.101 e. The molecule has 0 fully saturated rings. The standard InChI is InChI=1S/C14H16BrNO/c1-10-7-12(9-17-10)14(16-2)8-11-5-3-4-6-13(11)15/h3-7,9,14,16H,8H2,1-2H3. The van der Waals surface area contributed by atoms with Crippen LogP contribution in [0.15, 0.2) is 45.5 Å². The molecule has 3 heteroatoms. The molecule has 1 aromatic heterocycles. The molecule has 1 heterocycles. The van der Waals surface area contributed by atoms with Gasteiger partial charge in [0, 0.05) is 16.1 Å². The van der Waals surface area contributed by atoms with E-state index in [-0.39, 0.29) is 6.04 Å². The molecular formula is C14H16BrNO. The maximum Gasteiger partial charge on any atom is 0.101 e. The zero-order valence-electron chi connectivity index (χ0n) is 10.0. The molecule has 17 heavy (non-hydrogen) atoms. The summed E-state index contributed by atoms with van der Waals surface area (Å²) < 4.78 is 6.52. The van der Waals surface area contributed by atoms with Crippen LogP contribution >= 0.6 is 15.9 Å². The Bertz CT molecular complexity index is 492. The van der Waals surface area contributed by atoms with Crippen LogP contribution in [0.1, 0.15) is 22.9 Å². The number of benzene rings is 1. The van der Waals surface area contributed by atoms with Gasteiger partial charge in [-0.25, -0.2) is 0 Å². The molecule has 0 bridgehead atoms. The second-order valence-corrected chi connectivity index (χ2v) is 4.98. The summed E-state index contributed by atoms with van der Waals surface area (Å²) in [5.41, 5.74) is 2.49. The van der Waals surface area contributed by atoms with Gasteiger partial charge in [-0.1, -0.05) is 34.1 Å². The third kappa shape index (κ3) is 2.99. The highest BCUT2D eigenvalue weighted by molar-refractivity contribution is 9.10. The van der Waals surface area contributed by atoms with Gasteiger partial charge < -0.3 is 9.73 Å². The number of nitrogens with one attached hydrogen (secondary N) is 1. The lowest BCUT2D eigenvalue weighted by atomic mass is 10.0.